The molecule has 1 saturated carbocycles. The minimum Gasteiger partial charge on any atom is -0.383 e. The van der Waals surface area contributed by atoms with Crippen LogP contribution in [0, 0.1) is 5.92 Å². The van der Waals surface area contributed by atoms with Gasteiger partial charge >= 0.3 is 0 Å². The number of hydrogen-bond acceptors (Lipinski definition) is 5. The van der Waals surface area contributed by atoms with Gasteiger partial charge in [0.2, 0.25) is 0 Å². The number of nitrogens with zero attached hydrogens (tertiary/aromatic N) is 1. The predicted octanol–water partition coefficient (Wildman–Crippen LogP) is 2.81. The van der Waals surface area contributed by atoms with Crippen molar-refractivity contribution in [2.75, 3.05) is 12.3 Å². The molecular weight excluding hydrogens is 288 g/mol. The highest BCUT2D eigenvalue weighted by molar-refractivity contribution is 6.30. The van der Waals surface area contributed by atoms with Crippen LogP contribution in [-0.2, 0) is 4.74 Å². The maximum absolute atomic E-state index is 6.06. The molecule has 0 aliphatic heterocycles. The first-order chi connectivity index (χ1) is 10.2. The number of hydrazine groups is 1. The second kappa shape index (κ2) is 7.94. The molecule has 21 heavy (non-hydrogen) atoms. The van der Waals surface area contributed by atoms with Crippen molar-refractivity contribution in [3.05, 3.63) is 22.8 Å². The van der Waals surface area contributed by atoms with Crippen LogP contribution in [0.5, 0.6) is 0 Å². The number of hydrogen-bond donors (Lipinski definition) is 3. The van der Waals surface area contributed by atoms with E-state index in [1.807, 2.05) is 13.0 Å². The predicted molar refractivity (Wildman–Crippen MR) is 85.7 cm³/mol. The second-order valence-corrected chi connectivity index (χ2v) is 6.03. The lowest BCUT2D eigenvalue weighted by molar-refractivity contribution is -0.0183. The van der Waals surface area contributed by atoms with E-state index in [4.69, 9.17) is 27.9 Å². The maximum atomic E-state index is 6.06. The van der Waals surface area contributed by atoms with E-state index in [0.717, 1.165) is 18.4 Å². The monoisotopic (exact) mass is 312 g/mol. The van der Waals surface area contributed by atoms with E-state index in [1.165, 1.54) is 19.3 Å². The molecule has 1 fully saturated rings. The molecule has 1 heterocycles. The molecule has 0 spiro atoms. The minimum atomic E-state index is -0.195. The quantitative estimate of drug-likeness (QED) is 0.555. The highest BCUT2D eigenvalue weighted by Gasteiger charge is 2.33. The van der Waals surface area contributed by atoms with Crippen molar-refractivity contribution in [3.63, 3.8) is 0 Å². The van der Waals surface area contributed by atoms with Gasteiger partial charge in [-0.05, 0) is 31.7 Å². The Morgan fingerprint density at radius 1 is 1.43 bits per heavy atom. The van der Waals surface area contributed by atoms with E-state index in [2.05, 4.69) is 10.4 Å². The van der Waals surface area contributed by atoms with Crippen LogP contribution in [-0.4, -0.2) is 17.7 Å². The largest absolute Gasteiger partial charge is 0.383 e. The third kappa shape index (κ3) is 4.07. The van der Waals surface area contributed by atoms with Crippen molar-refractivity contribution in [3.8, 4) is 0 Å². The smallest absolute Gasteiger partial charge is 0.128 e. The summed E-state index contributed by atoms with van der Waals surface area (Å²) in [5.74, 6) is 6.74. The lowest BCUT2D eigenvalue weighted by atomic mass is 9.81. The molecule has 2 atom stereocenters. The average Bonchev–Trinajstić information content (AvgIpc) is 2.51. The molecule has 118 valence electrons. The molecule has 2 unspecified atom stereocenters. The average molecular weight is 313 g/mol. The molecule has 5 nitrogen and oxygen atoms in total. The molecule has 1 aromatic rings. The summed E-state index contributed by atoms with van der Waals surface area (Å²) in [6.07, 6.45) is 7.65. The number of nitrogen functional groups attached to an aromatic ring is 1. The molecule has 1 aliphatic rings. The van der Waals surface area contributed by atoms with Crippen LogP contribution in [0.2, 0.25) is 5.02 Å². The molecule has 0 saturated heterocycles. The van der Waals surface area contributed by atoms with Crippen LogP contribution in [0.4, 0.5) is 5.82 Å². The first-order valence-electron chi connectivity index (χ1n) is 7.66. The van der Waals surface area contributed by atoms with Crippen molar-refractivity contribution >= 4 is 17.4 Å². The highest BCUT2D eigenvalue weighted by atomic mass is 35.5. The molecule has 2 rings (SSSR count). The number of nitrogens with two attached hydrogens (primary N) is 2. The van der Waals surface area contributed by atoms with Gasteiger partial charge in [-0.1, -0.05) is 30.9 Å². The van der Waals surface area contributed by atoms with Gasteiger partial charge in [-0.25, -0.2) is 4.98 Å². The Bertz CT molecular complexity index is 451. The summed E-state index contributed by atoms with van der Waals surface area (Å²) in [6, 6.07) is 1.63. The second-order valence-electron chi connectivity index (χ2n) is 5.59. The van der Waals surface area contributed by atoms with Crippen LogP contribution >= 0.6 is 11.6 Å². The van der Waals surface area contributed by atoms with Gasteiger partial charge in [-0.3, -0.25) is 11.3 Å². The number of rotatable bonds is 6. The van der Waals surface area contributed by atoms with Gasteiger partial charge in [0.1, 0.15) is 5.82 Å². The maximum Gasteiger partial charge on any atom is 0.128 e. The lowest BCUT2D eigenvalue weighted by Crippen LogP contribution is -2.43. The lowest BCUT2D eigenvalue weighted by Gasteiger charge is -2.35. The minimum absolute atomic E-state index is 0.0112. The SMILES string of the molecule is CCOC(C1CCCCC1)C(NN)c1cc(Cl)cnc1N. The Hall–Kier alpha value is -0.880. The van der Waals surface area contributed by atoms with Crippen LogP contribution in [0.25, 0.3) is 0 Å². The number of anilines is 1. The van der Waals surface area contributed by atoms with E-state index < -0.39 is 0 Å². The fourth-order valence-electron chi connectivity index (χ4n) is 3.24. The van der Waals surface area contributed by atoms with Gasteiger partial charge < -0.3 is 10.5 Å². The van der Waals surface area contributed by atoms with Crippen molar-refractivity contribution in [2.24, 2.45) is 11.8 Å². The molecule has 0 aromatic carbocycles. The van der Waals surface area contributed by atoms with Gasteiger partial charge in [0.05, 0.1) is 17.2 Å². The first-order valence-corrected chi connectivity index (χ1v) is 8.03. The summed E-state index contributed by atoms with van der Waals surface area (Å²) in [4.78, 5) is 4.13. The number of ether oxygens (including phenoxy) is 1. The standard InChI is InChI=1S/C15H25ClN4O/c1-2-21-14(10-6-4-3-5-7-10)13(20-18)12-8-11(16)9-19-15(12)17/h8-10,13-14,20H,2-7,18H2,1H3,(H2,17,19). The Balaban J connectivity index is 2.27. The zero-order chi connectivity index (χ0) is 15.2. The van der Waals surface area contributed by atoms with E-state index in [9.17, 15) is 0 Å². The molecule has 1 aliphatic carbocycles. The molecule has 0 radical (unpaired) electrons. The van der Waals surface area contributed by atoms with Crippen LogP contribution < -0.4 is 17.0 Å². The number of halogens is 1. The van der Waals surface area contributed by atoms with E-state index >= 15 is 0 Å². The zero-order valence-electron chi connectivity index (χ0n) is 12.5. The Kier molecular flexibility index (Phi) is 6.23. The van der Waals surface area contributed by atoms with Crippen LogP contribution in [0.3, 0.4) is 0 Å². The molecule has 6 heteroatoms. The Labute approximate surface area is 131 Å². The summed E-state index contributed by atoms with van der Waals surface area (Å²) in [5.41, 5.74) is 9.69. The van der Waals surface area contributed by atoms with Gasteiger partial charge in [-0.2, -0.15) is 0 Å². The number of aromatic nitrogens is 1. The van der Waals surface area contributed by atoms with Crippen LogP contribution in [0.15, 0.2) is 12.3 Å². The molecule has 5 N–H and O–H groups in total. The fraction of sp³-hybridized carbons (Fsp3) is 0.667. The van der Waals surface area contributed by atoms with Gasteiger partial charge in [0.25, 0.3) is 0 Å². The van der Waals surface area contributed by atoms with Crippen LogP contribution in [0.1, 0.15) is 50.6 Å². The van der Waals surface area contributed by atoms with E-state index in [-0.39, 0.29) is 12.1 Å². The molecule has 0 amide bonds. The van der Waals surface area contributed by atoms with Crippen molar-refractivity contribution in [2.45, 2.75) is 51.2 Å². The summed E-state index contributed by atoms with van der Waals surface area (Å²) >= 11 is 6.06. The molecular formula is C15H25ClN4O. The number of pyridine rings is 1. The van der Waals surface area contributed by atoms with Crippen molar-refractivity contribution < 1.29 is 4.74 Å². The highest BCUT2D eigenvalue weighted by Crippen LogP contribution is 2.35. The normalized spacial score (nSPS) is 19.4. The molecule has 0 bridgehead atoms. The van der Waals surface area contributed by atoms with Crippen molar-refractivity contribution in [1.29, 1.82) is 0 Å². The molecule has 1 aromatic heterocycles. The summed E-state index contributed by atoms with van der Waals surface area (Å²) in [6.45, 7) is 2.65. The topological polar surface area (TPSA) is 86.2 Å². The third-order valence-corrected chi connectivity index (χ3v) is 4.44. The summed E-state index contributed by atoms with van der Waals surface area (Å²) < 4.78 is 6.01. The summed E-state index contributed by atoms with van der Waals surface area (Å²) in [5, 5.41) is 0.554. The van der Waals surface area contributed by atoms with E-state index in [0.29, 0.717) is 23.4 Å². The van der Waals surface area contributed by atoms with Gasteiger partial charge in [0, 0.05) is 18.4 Å². The number of nitrogens with one attached hydrogen (secondary N) is 1. The third-order valence-electron chi connectivity index (χ3n) is 4.23. The zero-order valence-corrected chi connectivity index (χ0v) is 13.3. The van der Waals surface area contributed by atoms with Gasteiger partial charge in [0.15, 0.2) is 0 Å². The van der Waals surface area contributed by atoms with Crippen molar-refractivity contribution in [1.82, 2.24) is 10.4 Å². The van der Waals surface area contributed by atoms with E-state index in [1.54, 1.807) is 6.20 Å². The Morgan fingerprint density at radius 3 is 2.76 bits per heavy atom. The first kappa shape index (κ1) is 16.5. The van der Waals surface area contributed by atoms with Gasteiger partial charge in [-0.15, -0.1) is 0 Å². The fourth-order valence-corrected chi connectivity index (χ4v) is 3.40. The summed E-state index contributed by atoms with van der Waals surface area (Å²) in [7, 11) is 0. The Morgan fingerprint density at radius 2 is 2.14 bits per heavy atom.